The Balaban J connectivity index is -0.000000320. The van der Waals surface area contributed by atoms with Crippen molar-refractivity contribution >= 4 is 17.1 Å². The van der Waals surface area contributed by atoms with E-state index in [4.69, 9.17) is 10.4 Å². The Bertz CT molecular complexity index is 460. The summed E-state index contributed by atoms with van der Waals surface area (Å²) in [4.78, 5) is 0. The van der Waals surface area contributed by atoms with Crippen LogP contribution in [0.25, 0.3) is 0 Å². The van der Waals surface area contributed by atoms with Gasteiger partial charge < -0.3 is 0 Å². The van der Waals surface area contributed by atoms with Gasteiger partial charge in [0.2, 0.25) is 17.0 Å². The second-order valence-electron chi connectivity index (χ2n) is 10.1. The molecule has 0 bridgehead atoms. The molecular weight excluding hydrogens is 342 g/mol. The van der Waals surface area contributed by atoms with Crippen molar-refractivity contribution in [1.29, 1.82) is 0 Å². The molecule has 0 atom stereocenters. The molecule has 0 saturated heterocycles. The van der Waals surface area contributed by atoms with Gasteiger partial charge in [0.05, 0.1) is 0 Å². The second kappa shape index (κ2) is 11.3. The third-order valence-corrected chi connectivity index (χ3v) is 4.20. The van der Waals surface area contributed by atoms with E-state index in [-0.39, 0.29) is 16.4 Å². The topological polar surface area (TPSA) is 69.7 Å². The van der Waals surface area contributed by atoms with E-state index in [0.717, 1.165) is 17.1 Å². The zero-order chi connectivity index (χ0) is 23.0. The number of hydroxylamine groups is 3. The predicted molar refractivity (Wildman–Crippen MR) is 114 cm³/mol. The summed E-state index contributed by atoms with van der Waals surface area (Å²) in [5.41, 5.74) is 2.85. The maximum atomic E-state index is 9.26. The van der Waals surface area contributed by atoms with E-state index in [1.54, 1.807) is 14.1 Å². The van der Waals surface area contributed by atoms with Crippen LogP contribution in [0.5, 0.6) is 0 Å². The van der Waals surface area contributed by atoms with Crippen LogP contribution in [0.4, 0.5) is 0 Å². The molecule has 0 unspecified atom stereocenters. The molecule has 0 aliphatic carbocycles. The highest BCUT2D eigenvalue weighted by molar-refractivity contribution is 5.82. The predicted octanol–water partition coefficient (Wildman–Crippen LogP) is 4.72. The summed E-state index contributed by atoms with van der Waals surface area (Å²) in [6.07, 6.45) is 0. The van der Waals surface area contributed by atoms with Gasteiger partial charge in [0.1, 0.15) is 0 Å². The Morgan fingerprint density at radius 3 is 0.778 bits per heavy atom. The van der Waals surface area contributed by atoms with Crippen molar-refractivity contribution in [1.82, 2.24) is 0 Å². The SMILES string of the molecule is C/C(=[N+](/C)O)C(C)(C)C.C/C(=[N+](\C)O)C(C)(C)C.CC(C)=[N+](O)C(C)(C)C. The lowest BCUT2D eigenvalue weighted by Gasteiger charge is -2.12. The van der Waals surface area contributed by atoms with E-state index in [9.17, 15) is 5.21 Å². The van der Waals surface area contributed by atoms with Crippen molar-refractivity contribution in [2.45, 2.75) is 95.5 Å². The molecule has 0 fully saturated rings. The Hall–Kier alpha value is -1.59. The van der Waals surface area contributed by atoms with E-state index in [1.165, 1.54) is 14.2 Å². The molecule has 27 heavy (non-hydrogen) atoms. The van der Waals surface area contributed by atoms with Gasteiger partial charge >= 0.3 is 0 Å². The highest BCUT2D eigenvalue weighted by atomic mass is 16.5. The summed E-state index contributed by atoms with van der Waals surface area (Å²) >= 11 is 0. The number of nitrogens with zero attached hydrogens (tertiary/aromatic N) is 3. The Morgan fingerprint density at radius 2 is 0.778 bits per heavy atom. The fraction of sp³-hybridized carbons (Fsp3) is 0.857. The summed E-state index contributed by atoms with van der Waals surface area (Å²) in [6.45, 7) is 25.9. The van der Waals surface area contributed by atoms with Gasteiger partial charge in [-0.1, -0.05) is 41.5 Å². The zero-order valence-corrected chi connectivity index (χ0v) is 20.7. The maximum Gasteiger partial charge on any atom is 0.206 e. The van der Waals surface area contributed by atoms with Crippen molar-refractivity contribution in [3.8, 4) is 0 Å². The zero-order valence-electron chi connectivity index (χ0n) is 20.7. The quantitative estimate of drug-likeness (QED) is 0.243. The van der Waals surface area contributed by atoms with Crippen molar-refractivity contribution < 1.29 is 29.8 Å². The monoisotopic (exact) mass is 390 g/mol. The van der Waals surface area contributed by atoms with Gasteiger partial charge in [-0.25, -0.2) is 0 Å². The average Bonchev–Trinajstić information content (AvgIpc) is 2.42. The summed E-state index contributed by atoms with van der Waals surface area (Å²) in [5.74, 6) is 0. The van der Waals surface area contributed by atoms with Crippen LogP contribution in [0, 0.1) is 10.8 Å². The molecule has 162 valence electrons. The summed E-state index contributed by atoms with van der Waals surface area (Å²) in [5, 5.41) is 27.2. The fourth-order valence-electron chi connectivity index (χ4n) is 1.64. The first-order valence-electron chi connectivity index (χ1n) is 9.39. The molecular formula is C21H48N3O3+3. The molecule has 0 aromatic carbocycles. The van der Waals surface area contributed by atoms with Gasteiger partial charge in [-0.2, -0.15) is 0 Å². The molecule has 0 aromatic heterocycles. The molecule has 0 spiro atoms. The molecule has 6 nitrogen and oxygen atoms in total. The van der Waals surface area contributed by atoms with Crippen LogP contribution < -0.4 is 0 Å². The standard InChI is InChI=1S/3C7H16NO/c2*1-6(8(5)9)7(2,3)4;1-6(2)8(9)7(3,4)5/h3*9H,1-5H3/q3*+1/b8-6+;8-6-;. The minimum Gasteiger partial charge on any atom is -0.291 e. The maximum absolute atomic E-state index is 9.26. The van der Waals surface area contributed by atoms with Gasteiger partial charge in [-0.15, -0.1) is 0 Å². The molecule has 6 heteroatoms. The van der Waals surface area contributed by atoms with E-state index in [1.807, 2.05) is 48.5 Å². The molecule has 0 rings (SSSR count). The van der Waals surface area contributed by atoms with Crippen molar-refractivity contribution in [3.63, 3.8) is 0 Å². The van der Waals surface area contributed by atoms with Crippen LogP contribution in [0.15, 0.2) is 0 Å². The van der Waals surface area contributed by atoms with Crippen LogP contribution >= 0.6 is 0 Å². The number of rotatable bonds is 0. The van der Waals surface area contributed by atoms with Gasteiger partial charge in [0, 0.05) is 59.3 Å². The minimum absolute atomic E-state index is 0.0729. The van der Waals surface area contributed by atoms with Gasteiger partial charge in [-0.3, -0.25) is 15.6 Å². The lowest BCUT2D eigenvalue weighted by atomic mass is 9.91. The smallest absolute Gasteiger partial charge is 0.206 e. The van der Waals surface area contributed by atoms with Crippen LogP contribution in [0.1, 0.15) is 90.0 Å². The summed E-state index contributed by atoms with van der Waals surface area (Å²) in [6, 6.07) is 0. The molecule has 0 aliphatic rings. The van der Waals surface area contributed by atoms with E-state index >= 15 is 0 Å². The van der Waals surface area contributed by atoms with Crippen LogP contribution in [0.2, 0.25) is 0 Å². The lowest BCUT2D eigenvalue weighted by Crippen LogP contribution is -2.33. The normalized spacial score (nSPS) is 13.9. The van der Waals surface area contributed by atoms with Crippen molar-refractivity contribution in [3.05, 3.63) is 0 Å². The molecule has 0 amide bonds. The lowest BCUT2D eigenvalue weighted by molar-refractivity contribution is -0.820. The highest BCUT2D eigenvalue weighted by Gasteiger charge is 2.25. The molecule has 3 N–H and O–H groups in total. The van der Waals surface area contributed by atoms with Crippen LogP contribution in [-0.2, 0) is 0 Å². The second-order valence-corrected chi connectivity index (χ2v) is 10.1. The van der Waals surface area contributed by atoms with Crippen LogP contribution in [-0.4, -0.2) is 66.6 Å². The van der Waals surface area contributed by atoms with Gasteiger partial charge in [-0.05, 0) is 14.2 Å². The Labute approximate surface area is 168 Å². The summed E-state index contributed by atoms with van der Waals surface area (Å²) in [7, 11) is 3.28. The average molecular weight is 391 g/mol. The van der Waals surface area contributed by atoms with Gasteiger partial charge in [0.15, 0.2) is 19.8 Å². The van der Waals surface area contributed by atoms with Crippen LogP contribution in [0.3, 0.4) is 0 Å². The first-order chi connectivity index (χ1) is 11.6. The first-order valence-corrected chi connectivity index (χ1v) is 9.39. The third-order valence-electron chi connectivity index (χ3n) is 4.20. The highest BCUT2D eigenvalue weighted by Crippen LogP contribution is 2.14. The molecule has 0 heterocycles. The number of hydrogen-bond donors (Lipinski definition) is 3. The van der Waals surface area contributed by atoms with Crippen molar-refractivity contribution in [2.75, 3.05) is 14.1 Å². The Morgan fingerprint density at radius 1 is 0.556 bits per heavy atom. The van der Waals surface area contributed by atoms with E-state index < -0.39 is 0 Å². The van der Waals surface area contributed by atoms with Crippen molar-refractivity contribution in [2.24, 2.45) is 10.8 Å². The first kappa shape index (κ1) is 30.1. The largest absolute Gasteiger partial charge is 0.291 e. The molecule has 0 saturated carbocycles. The minimum atomic E-state index is -0.168. The fourth-order valence-corrected chi connectivity index (χ4v) is 1.64. The van der Waals surface area contributed by atoms with E-state index in [2.05, 4.69) is 41.5 Å². The molecule has 0 radical (unpaired) electrons. The van der Waals surface area contributed by atoms with E-state index in [0.29, 0.717) is 0 Å². The summed E-state index contributed by atoms with van der Waals surface area (Å²) < 4.78 is 3.60. The molecule has 0 aliphatic heterocycles. The van der Waals surface area contributed by atoms with Gasteiger partial charge in [0.25, 0.3) is 0 Å². The number of hydrogen-bond acceptors (Lipinski definition) is 3. The Kier molecular flexibility index (Phi) is 12.6. The third kappa shape index (κ3) is 15.2. The molecule has 0 aromatic rings.